The van der Waals surface area contributed by atoms with Crippen LogP contribution < -0.4 is 5.32 Å². The molecule has 2 atom stereocenters. The summed E-state index contributed by atoms with van der Waals surface area (Å²) in [5.41, 5.74) is 0. The molecular weight excluding hydrogens is 164 g/mol. The van der Waals surface area contributed by atoms with Gasteiger partial charge in [0, 0.05) is 32.8 Å². The Bertz CT molecular complexity index is 149. The van der Waals surface area contributed by atoms with Crippen LogP contribution in [0.4, 0.5) is 0 Å². The molecule has 0 amide bonds. The Morgan fingerprint density at radius 1 is 1.46 bits per heavy atom. The molecule has 2 saturated heterocycles. The minimum absolute atomic E-state index is 0.769. The highest BCUT2D eigenvalue weighted by Crippen LogP contribution is 2.24. The van der Waals surface area contributed by atoms with Crippen molar-refractivity contribution >= 4 is 0 Å². The van der Waals surface area contributed by atoms with E-state index in [1.807, 2.05) is 0 Å². The second-order valence-electron chi connectivity index (χ2n) is 4.22. The topological polar surface area (TPSA) is 24.5 Å². The molecule has 2 rings (SSSR count). The average Bonchev–Trinajstić information content (AvgIpc) is 2.57. The quantitative estimate of drug-likeness (QED) is 0.683. The van der Waals surface area contributed by atoms with E-state index in [4.69, 9.17) is 4.74 Å². The van der Waals surface area contributed by atoms with Gasteiger partial charge in [-0.2, -0.15) is 0 Å². The number of fused-ring (bicyclic) bond motifs is 1. The Morgan fingerprint density at radius 2 is 2.38 bits per heavy atom. The molecule has 0 spiro atoms. The number of hydrogen-bond donors (Lipinski definition) is 1. The third-order valence-electron chi connectivity index (χ3n) is 3.29. The maximum absolute atomic E-state index is 5.10. The summed E-state index contributed by atoms with van der Waals surface area (Å²) in [6.07, 6.45) is 2.78. The zero-order valence-corrected chi connectivity index (χ0v) is 8.46. The largest absolute Gasteiger partial charge is 0.383 e. The number of methoxy groups -OCH3 is 1. The summed E-state index contributed by atoms with van der Waals surface area (Å²) >= 11 is 0. The van der Waals surface area contributed by atoms with E-state index in [0.29, 0.717) is 0 Å². The van der Waals surface area contributed by atoms with Crippen LogP contribution in [0.3, 0.4) is 0 Å². The fourth-order valence-corrected chi connectivity index (χ4v) is 2.54. The van der Waals surface area contributed by atoms with Gasteiger partial charge in [0.1, 0.15) is 0 Å². The molecule has 0 aliphatic carbocycles. The van der Waals surface area contributed by atoms with E-state index in [1.54, 1.807) is 7.11 Å². The summed E-state index contributed by atoms with van der Waals surface area (Å²) in [5.74, 6) is 0.908. The summed E-state index contributed by atoms with van der Waals surface area (Å²) in [6.45, 7) is 5.71. The molecule has 0 bridgehead atoms. The van der Waals surface area contributed by atoms with Gasteiger partial charge in [0.05, 0.1) is 6.61 Å². The van der Waals surface area contributed by atoms with Gasteiger partial charge >= 0.3 is 0 Å². The maximum Gasteiger partial charge on any atom is 0.0589 e. The smallest absolute Gasteiger partial charge is 0.0589 e. The molecule has 0 unspecified atom stereocenters. The van der Waals surface area contributed by atoms with E-state index in [-0.39, 0.29) is 0 Å². The molecule has 3 nitrogen and oxygen atoms in total. The predicted octanol–water partition coefficient (Wildman–Crippen LogP) is 0.317. The monoisotopic (exact) mass is 184 g/mol. The summed E-state index contributed by atoms with van der Waals surface area (Å²) in [4.78, 5) is 2.52. The highest BCUT2D eigenvalue weighted by Gasteiger charge is 2.33. The van der Waals surface area contributed by atoms with Crippen LogP contribution in [-0.2, 0) is 4.74 Å². The summed E-state index contributed by atoms with van der Waals surface area (Å²) in [6, 6.07) is 0.769. The van der Waals surface area contributed by atoms with Crippen molar-refractivity contribution in [3.8, 4) is 0 Å². The van der Waals surface area contributed by atoms with Crippen molar-refractivity contribution in [2.75, 3.05) is 39.9 Å². The van der Waals surface area contributed by atoms with Crippen LogP contribution in [0.15, 0.2) is 0 Å². The van der Waals surface area contributed by atoms with E-state index >= 15 is 0 Å². The van der Waals surface area contributed by atoms with E-state index < -0.39 is 0 Å². The first-order valence-electron chi connectivity index (χ1n) is 5.35. The normalized spacial score (nSPS) is 34.8. The van der Waals surface area contributed by atoms with Crippen molar-refractivity contribution < 1.29 is 4.74 Å². The second kappa shape index (κ2) is 4.40. The number of rotatable bonds is 3. The molecule has 2 fully saturated rings. The first-order chi connectivity index (χ1) is 6.40. The third-order valence-corrected chi connectivity index (χ3v) is 3.29. The van der Waals surface area contributed by atoms with Crippen LogP contribution in [0.5, 0.6) is 0 Å². The molecule has 0 aromatic carbocycles. The molecule has 1 N–H and O–H groups in total. The predicted molar refractivity (Wildman–Crippen MR) is 52.8 cm³/mol. The molecule has 3 heteroatoms. The molecule has 0 saturated carbocycles. The average molecular weight is 184 g/mol. The lowest BCUT2D eigenvalue weighted by Crippen LogP contribution is -2.40. The van der Waals surface area contributed by atoms with E-state index in [1.165, 1.54) is 32.5 Å². The molecule has 13 heavy (non-hydrogen) atoms. The molecule has 0 aromatic rings. The SMILES string of the molecule is COCCN1C[C@@H]2CCCN[C@@H]2C1. The number of likely N-dealkylation sites (tertiary alicyclic amines) is 1. The molecule has 2 aliphatic heterocycles. The van der Waals surface area contributed by atoms with Crippen LogP contribution in [0.2, 0.25) is 0 Å². The molecule has 2 heterocycles. The fourth-order valence-electron chi connectivity index (χ4n) is 2.54. The summed E-state index contributed by atoms with van der Waals surface area (Å²) in [5, 5.41) is 3.60. The van der Waals surface area contributed by atoms with Crippen LogP contribution in [0.1, 0.15) is 12.8 Å². The first kappa shape index (κ1) is 9.44. The van der Waals surface area contributed by atoms with Gasteiger partial charge < -0.3 is 10.1 Å². The highest BCUT2D eigenvalue weighted by molar-refractivity contribution is 4.91. The maximum atomic E-state index is 5.10. The van der Waals surface area contributed by atoms with Crippen molar-refractivity contribution in [2.24, 2.45) is 5.92 Å². The first-order valence-corrected chi connectivity index (χ1v) is 5.35. The standard InChI is InChI=1S/C10H20N2O/c1-13-6-5-12-7-9-3-2-4-11-10(9)8-12/h9-11H,2-8H2,1H3/t9-,10+/m0/s1. The minimum atomic E-state index is 0.769. The van der Waals surface area contributed by atoms with Crippen LogP contribution >= 0.6 is 0 Å². The van der Waals surface area contributed by atoms with Gasteiger partial charge in [-0.3, -0.25) is 4.90 Å². The Kier molecular flexibility index (Phi) is 3.19. The lowest BCUT2D eigenvalue weighted by atomic mass is 9.94. The minimum Gasteiger partial charge on any atom is -0.383 e. The van der Waals surface area contributed by atoms with Gasteiger partial charge in [0.2, 0.25) is 0 Å². The van der Waals surface area contributed by atoms with Gasteiger partial charge in [0.25, 0.3) is 0 Å². The fraction of sp³-hybridized carbons (Fsp3) is 1.00. The zero-order valence-electron chi connectivity index (χ0n) is 8.46. The summed E-state index contributed by atoms with van der Waals surface area (Å²) in [7, 11) is 1.78. The molecule has 76 valence electrons. The van der Waals surface area contributed by atoms with Crippen LogP contribution in [0, 0.1) is 5.92 Å². The summed E-state index contributed by atoms with van der Waals surface area (Å²) < 4.78 is 5.10. The van der Waals surface area contributed by atoms with Gasteiger partial charge in [-0.05, 0) is 25.3 Å². The van der Waals surface area contributed by atoms with Crippen LogP contribution in [0.25, 0.3) is 0 Å². The highest BCUT2D eigenvalue weighted by atomic mass is 16.5. The van der Waals surface area contributed by atoms with Crippen molar-refractivity contribution in [3.63, 3.8) is 0 Å². The van der Waals surface area contributed by atoms with Gasteiger partial charge in [0.15, 0.2) is 0 Å². The van der Waals surface area contributed by atoms with Crippen molar-refractivity contribution in [1.82, 2.24) is 10.2 Å². The Hall–Kier alpha value is -0.120. The Balaban J connectivity index is 1.77. The van der Waals surface area contributed by atoms with E-state index in [0.717, 1.165) is 25.1 Å². The van der Waals surface area contributed by atoms with Gasteiger partial charge in [-0.25, -0.2) is 0 Å². The third kappa shape index (κ3) is 2.22. The van der Waals surface area contributed by atoms with Crippen molar-refractivity contribution in [3.05, 3.63) is 0 Å². The number of nitrogens with zero attached hydrogens (tertiary/aromatic N) is 1. The van der Waals surface area contributed by atoms with Gasteiger partial charge in [-0.1, -0.05) is 0 Å². The van der Waals surface area contributed by atoms with Crippen molar-refractivity contribution in [1.29, 1.82) is 0 Å². The molecule has 0 aromatic heterocycles. The van der Waals surface area contributed by atoms with E-state index in [2.05, 4.69) is 10.2 Å². The zero-order chi connectivity index (χ0) is 9.10. The van der Waals surface area contributed by atoms with Gasteiger partial charge in [-0.15, -0.1) is 0 Å². The number of nitrogens with one attached hydrogen (secondary N) is 1. The number of hydrogen-bond acceptors (Lipinski definition) is 3. The number of piperidine rings is 1. The van der Waals surface area contributed by atoms with Crippen molar-refractivity contribution in [2.45, 2.75) is 18.9 Å². The second-order valence-corrected chi connectivity index (χ2v) is 4.22. The Labute approximate surface area is 80.4 Å². The molecular formula is C10H20N2O. The van der Waals surface area contributed by atoms with Crippen LogP contribution in [-0.4, -0.2) is 50.8 Å². The molecule has 0 radical (unpaired) electrons. The lowest BCUT2D eigenvalue weighted by Gasteiger charge is -2.24. The van der Waals surface area contributed by atoms with E-state index in [9.17, 15) is 0 Å². The Morgan fingerprint density at radius 3 is 3.15 bits per heavy atom. The lowest BCUT2D eigenvalue weighted by molar-refractivity contribution is 0.158. The molecule has 2 aliphatic rings. The number of ether oxygens (including phenoxy) is 1.